The van der Waals surface area contributed by atoms with Gasteiger partial charge in [0.2, 0.25) is 5.95 Å². The van der Waals surface area contributed by atoms with E-state index in [1.54, 1.807) is 18.3 Å². The molecule has 2 fully saturated rings. The van der Waals surface area contributed by atoms with Gasteiger partial charge < -0.3 is 10.2 Å². The summed E-state index contributed by atoms with van der Waals surface area (Å²) >= 11 is 0.892. The minimum atomic E-state index is -0.376. The van der Waals surface area contributed by atoms with Crippen LogP contribution < -0.4 is 15.5 Å². The predicted molar refractivity (Wildman–Crippen MR) is 112 cm³/mol. The van der Waals surface area contributed by atoms with Crippen LogP contribution in [0, 0.1) is 5.92 Å². The van der Waals surface area contributed by atoms with Crippen LogP contribution in [0.3, 0.4) is 0 Å². The van der Waals surface area contributed by atoms with Crippen LogP contribution >= 0.6 is 11.8 Å². The highest BCUT2D eigenvalue weighted by Gasteiger charge is 2.25. The highest BCUT2D eigenvalue weighted by molar-refractivity contribution is 8.18. The van der Waals surface area contributed by atoms with E-state index in [4.69, 9.17) is 0 Å². The van der Waals surface area contributed by atoms with Crippen LogP contribution in [0.2, 0.25) is 0 Å². The number of nitrogens with zero attached hydrogens (tertiary/aromatic N) is 4. The Morgan fingerprint density at radius 1 is 1.17 bits per heavy atom. The number of carbonyl (C=O) groups is 2. The Morgan fingerprint density at radius 2 is 2.03 bits per heavy atom. The zero-order chi connectivity index (χ0) is 20.1. The fourth-order valence-corrected chi connectivity index (χ4v) is 4.06. The Bertz CT molecular complexity index is 912. The van der Waals surface area contributed by atoms with Crippen LogP contribution in [0.1, 0.15) is 24.2 Å². The van der Waals surface area contributed by atoms with Crippen LogP contribution in [0.4, 0.5) is 10.7 Å². The summed E-state index contributed by atoms with van der Waals surface area (Å²) in [5.41, 5.74) is 1.68. The first-order valence-corrected chi connectivity index (χ1v) is 10.4. The maximum atomic E-state index is 11.7. The molecule has 0 aliphatic carbocycles. The number of carbonyl (C=O) groups excluding carboxylic acids is 2. The van der Waals surface area contributed by atoms with Crippen LogP contribution in [0.25, 0.3) is 6.08 Å². The fourth-order valence-electron chi connectivity index (χ4n) is 3.39. The summed E-state index contributed by atoms with van der Waals surface area (Å²) in [6.45, 7) is 3.54. The van der Waals surface area contributed by atoms with Crippen molar-refractivity contribution in [1.82, 2.24) is 25.6 Å². The second-order valence-corrected chi connectivity index (χ2v) is 8.03. The number of amides is 2. The number of hydrogen-bond acceptors (Lipinski definition) is 8. The fraction of sp³-hybridized carbons (Fsp3) is 0.350. The van der Waals surface area contributed by atoms with Gasteiger partial charge >= 0.3 is 0 Å². The standard InChI is InChI=1S/C20H22N6O2S/c27-18-17(29-20(28)25-18)11-15-4-8-23-19(24-15)26-9-5-14(6-10-26)12-21-13-16-3-1-2-7-22-16/h1-4,7-8,11,14,21H,5-6,9-10,12-13H2,(H,25,27,28)/b17-11+. The summed E-state index contributed by atoms with van der Waals surface area (Å²) < 4.78 is 0. The van der Waals surface area contributed by atoms with Crippen molar-refractivity contribution in [2.45, 2.75) is 19.4 Å². The number of nitrogens with one attached hydrogen (secondary N) is 2. The summed E-state index contributed by atoms with van der Waals surface area (Å²) in [7, 11) is 0. The van der Waals surface area contributed by atoms with Crippen LogP contribution in [-0.2, 0) is 11.3 Å². The van der Waals surface area contributed by atoms with Crippen molar-refractivity contribution >= 4 is 34.9 Å². The minimum Gasteiger partial charge on any atom is -0.341 e. The molecule has 0 radical (unpaired) electrons. The Hall–Kier alpha value is -2.78. The zero-order valence-electron chi connectivity index (χ0n) is 15.9. The molecule has 9 heteroatoms. The van der Waals surface area contributed by atoms with Crippen molar-refractivity contribution in [3.8, 4) is 0 Å². The smallest absolute Gasteiger partial charge is 0.290 e. The van der Waals surface area contributed by atoms with E-state index in [2.05, 4.69) is 30.5 Å². The van der Waals surface area contributed by atoms with Crippen molar-refractivity contribution < 1.29 is 9.59 Å². The summed E-state index contributed by atoms with van der Waals surface area (Å²) in [5.74, 6) is 0.901. The average Bonchev–Trinajstić information content (AvgIpc) is 3.06. The van der Waals surface area contributed by atoms with E-state index < -0.39 is 0 Å². The quantitative estimate of drug-likeness (QED) is 0.699. The van der Waals surface area contributed by atoms with Gasteiger partial charge in [-0.1, -0.05) is 6.07 Å². The maximum absolute atomic E-state index is 11.7. The van der Waals surface area contributed by atoms with Crippen molar-refractivity contribution in [3.63, 3.8) is 0 Å². The summed E-state index contributed by atoms with van der Waals surface area (Å²) in [4.78, 5) is 38.8. The molecule has 2 aliphatic rings. The highest BCUT2D eigenvalue weighted by Crippen LogP contribution is 2.26. The van der Waals surface area contributed by atoms with Gasteiger partial charge in [0.25, 0.3) is 11.1 Å². The molecule has 0 saturated carbocycles. The third kappa shape index (κ3) is 5.18. The highest BCUT2D eigenvalue weighted by atomic mass is 32.2. The summed E-state index contributed by atoms with van der Waals surface area (Å²) in [6.07, 6.45) is 7.27. The zero-order valence-corrected chi connectivity index (χ0v) is 16.7. The molecule has 0 atom stereocenters. The second kappa shape index (κ2) is 9.15. The van der Waals surface area contributed by atoms with Gasteiger partial charge in [0.05, 0.1) is 16.3 Å². The van der Waals surface area contributed by atoms with E-state index in [-0.39, 0.29) is 11.1 Å². The Morgan fingerprint density at radius 3 is 2.76 bits per heavy atom. The first kappa shape index (κ1) is 19.5. The van der Waals surface area contributed by atoms with Crippen molar-refractivity contribution in [2.75, 3.05) is 24.5 Å². The minimum absolute atomic E-state index is 0.353. The predicted octanol–water partition coefficient (Wildman–Crippen LogP) is 2.20. The van der Waals surface area contributed by atoms with Crippen LogP contribution in [-0.4, -0.2) is 45.7 Å². The van der Waals surface area contributed by atoms with Gasteiger partial charge in [0, 0.05) is 32.0 Å². The number of aromatic nitrogens is 3. The largest absolute Gasteiger partial charge is 0.341 e. The topological polar surface area (TPSA) is 100 Å². The van der Waals surface area contributed by atoms with Gasteiger partial charge in [0.15, 0.2) is 0 Å². The van der Waals surface area contributed by atoms with E-state index >= 15 is 0 Å². The van der Waals surface area contributed by atoms with E-state index in [9.17, 15) is 9.59 Å². The number of thioether (sulfide) groups is 1. The monoisotopic (exact) mass is 410 g/mol. The maximum Gasteiger partial charge on any atom is 0.290 e. The van der Waals surface area contributed by atoms with Gasteiger partial charge in [-0.3, -0.25) is 19.9 Å². The molecule has 4 heterocycles. The third-order valence-corrected chi connectivity index (χ3v) is 5.76. The van der Waals surface area contributed by atoms with Crippen LogP contribution in [0.15, 0.2) is 41.6 Å². The lowest BCUT2D eigenvalue weighted by Gasteiger charge is -2.32. The lowest BCUT2D eigenvalue weighted by molar-refractivity contribution is -0.115. The number of pyridine rings is 1. The van der Waals surface area contributed by atoms with E-state index in [1.165, 1.54) is 0 Å². The molecular formula is C20H22N6O2S. The van der Waals surface area contributed by atoms with Gasteiger partial charge in [-0.2, -0.15) is 0 Å². The van der Waals surface area contributed by atoms with E-state index in [1.807, 2.05) is 24.4 Å². The SMILES string of the molecule is O=C1NC(=O)/C(=C\c2ccnc(N3CCC(CNCc4ccccn4)CC3)n2)S1. The molecule has 0 aromatic carbocycles. The molecule has 2 amide bonds. The van der Waals surface area contributed by atoms with Crippen molar-refractivity contribution in [2.24, 2.45) is 5.92 Å². The normalized spacial score (nSPS) is 19.0. The lowest BCUT2D eigenvalue weighted by atomic mass is 9.97. The first-order chi connectivity index (χ1) is 14.2. The van der Waals surface area contributed by atoms with E-state index in [0.29, 0.717) is 22.5 Å². The summed E-state index contributed by atoms with van der Waals surface area (Å²) in [5, 5.41) is 5.39. The number of hydrogen-bond donors (Lipinski definition) is 2. The Labute approximate surface area is 173 Å². The van der Waals surface area contributed by atoms with Gasteiger partial charge in [-0.15, -0.1) is 0 Å². The molecule has 2 aliphatic heterocycles. The molecule has 150 valence electrons. The lowest BCUT2D eigenvalue weighted by Crippen LogP contribution is -2.38. The van der Waals surface area contributed by atoms with Crippen molar-refractivity contribution in [1.29, 1.82) is 0 Å². The molecule has 0 spiro atoms. The van der Waals surface area contributed by atoms with Crippen molar-refractivity contribution in [3.05, 3.63) is 53.0 Å². The third-order valence-electron chi connectivity index (χ3n) is 4.95. The average molecular weight is 411 g/mol. The second-order valence-electron chi connectivity index (χ2n) is 7.02. The molecule has 8 nitrogen and oxygen atoms in total. The van der Waals surface area contributed by atoms with Crippen LogP contribution in [0.5, 0.6) is 0 Å². The molecule has 29 heavy (non-hydrogen) atoms. The Balaban J connectivity index is 1.29. The molecule has 2 saturated heterocycles. The number of imide groups is 1. The number of piperidine rings is 1. The van der Waals surface area contributed by atoms with Gasteiger partial charge in [-0.25, -0.2) is 9.97 Å². The van der Waals surface area contributed by atoms with Gasteiger partial charge in [0.1, 0.15) is 0 Å². The number of anilines is 1. The van der Waals surface area contributed by atoms with Gasteiger partial charge in [-0.05, 0) is 61.3 Å². The molecule has 2 aromatic heterocycles. The first-order valence-electron chi connectivity index (χ1n) is 9.61. The van der Waals surface area contributed by atoms with E-state index in [0.717, 1.165) is 56.5 Å². The summed E-state index contributed by atoms with van der Waals surface area (Å²) in [6, 6.07) is 7.69. The molecule has 0 unspecified atom stereocenters. The Kier molecular flexibility index (Phi) is 6.16. The number of rotatable bonds is 6. The molecule has 2 aromatic rings. The molecule has 2 N–H and O–H groups in total. The molecule has 4 rings (SSSR count). The molecule has 0 bridgehead atoms. The molecular weight excluding hydrogens is 388 g/mol.